The van der Waals surface area contributed by atoms with Gasteiger partial charge in [0.15, 0.2) is 0 Å². The number of benzene rings is 1. The zero-order valence-electron chi connectivity index (χ0n) is 9.48. The van der Waals surface area contributed by atoms with Crippen LogP contribution in [0, 0.1) is 0 Å². The number of amides is 2. The molecule has 0 aliphatic carbocycles. The first-order chi connectivity index (χ1) is 9.13. The van der Waals surface area contributed by atoms with E-state index in [4.69, 9.17) is 11.6 Å². The predicted octanol–water partition coefficient (Wildman–Crippen LogP) is 1.76. The Kier molecular flexibility index (Phi) is 2.64. The van der Waals surface area contributed by atoms with E-state index in [0.29, 0.717) is 27.8 Å². The molecule has 0 bridgehead atoms. The Morgan fingerprint density at radius 3 is 2.63 bits per heavy atom. The summed E-state index contributed by atoms with van der Waals surface area (Å²) in [6.45, 7) is 0. The van der Waals surface area contributed by atoms with Crippen LogP contribution in [0.5, 0.6) is 0 Å². The third kappa shape index (κ3) is 2.13. The van der Waals surface area contributed by atoms with Crippen molar-refractivity contribution in [3.8, 4) is 0 Å². The van der Waals surface area contributed by atoms with Crippen LogP contribution in [0.25, 0.3) is 0 Å². The lowest BCUT2D eigenvalue weighted by Gasteiger charge is -2.06. The van der Waals surface area contributed by atoms with Crippen LogP contribution in [0.1, 0.15) is 20.7 Å². The van der Waals surface area contributed by atoms with Crippen LogP contribution in [0.3, 0.4) is 0 Å². The van der Waals surface area contributed by atoms with E-state index in [-0.39, 0.29) is 5.91 Å². The summed E-state index contributed by atoms with van der Waals surface area (Å²) in [6.07, 6.45) is 1.33. The summed E-state index contributed by atoms with van der Waals surface area (Å²) < 4.78 is 0. The summed E-state index contributed by atoms with van der Waals surface area (Å²) in [5, 5.41) is 5.52. The minimum atomic E-state index is -0.399. The van der Waals surface area contributed by atoms with E-state index in [1.165, 1.54) is 6.33 Å². The van der Waals surface area contributed by atoms with Crippen LogP contribution in [-0.4, -0.2) is 21.8 Å². The number of anilines is 2. The van der Waals surface area contributed by atoms with Gasteiger partial charge >= 0.3 is 0 Å². The van der Waals surface area contributed by atoms with Crippen LogP contribution in [-0.2, 0) is 0 Å². The monoisotopic (exact) mass is 274 g/mol. The number of carbonyl (C=O) groups is 2. The lowest BCUT2D eigenvalue weighted by Crippen LogP contribution is -2.19. The molecule has 0 unspecified atom stereocenters. The molecular weight excluding hydrogens is 268 g/mol. The molecule has 2 N–H and O–H groups in total. The first-order valence-corrected chi connectivity index (χ1v) is 5.75. The van der Waals surface area contributed by atoms with Gasteiger partial charge in [-0.1, -0.05) is 11.6 Å². The summed E-state index contributed by atoms with van der Waals surface area (Å²) in [5.41, 5.74) is 1.35. The van der Waals surface area contributed by atoms with Gasteiger partial charge in [0, 0.05) is 11.8 Å². The van der Waals surface area contributed by atoms with E-state index in [2.05, 4.69) is 20.6 Å². The third-order valence-electron chi connectivity index (χ3n) is 2.64. The molecule has 19 heavy (non-hydrogen) atoms. The van der Waals surface area contributed by atoms with Crippen molar-refractivity contribution in [2.45, 2.75) is 0 Å². The first kappa shape index (κ1) is 11.6. The molecule has 0 spiro atoms. The molecule has 2 aromatic rings. The van der Waals surface area contributed by atoms with E-state index in [0.717, 1.165) is 0 Å². The summed E-state index contributed by atoms with van der Waals surface area (Å²) in [4.78, 5) is 30.7. The topological polar surface area (TPSA) is 84.0 Å². The molecule has 2 heterocycles. The van der Waals surface area contributed by atoms with Gasteiger partial charge in [-0.3, -0.25) is 14.9 Å². The Labute approximate surface area is 112 Å². The number of rotatable bonds is 2. The fraction of sp³-hybridized carbons (Fsp3) is 0. The standard InChI is InChI=1S/C12H7ClN4O2/c13-9-4-10(15-5-14-9)16-6-1-2-7-8(3-6)12(19)17-11(7)18/h1-5H,(H,14,15,16)(H,17,18,19). The Morgan fingerprint density at radius 1 is 1.05 bits per heavy atom. The largest absolute Gasteiger partial charge is 0.340 e. The van der Waals surface area contributed by atoms with Gasteiger partial charge in [-0.15, -0.1) is 0 Å². The fourth-order valence-electron chi connectivity index (χ4n) is 1.80. The van der Waals surface area contributed by atoms with Crippen molar-refractivity contribution >= 4 is 34.9 Å². The highest BCUT2D eigenvalue weighted by Gasteiger charge is 2.26. The quantitative estimate of drug-likeness (QED) is 0.644. The minimum absolute atomic E-state index is 0.312. The zero-order valence-corrected chi connectivity index (χ0v) is 10.2. The first-order valence-electron chi connectivity index (χ1n) is 5.38. The molecule has 1 aliphatic heterocycles. The number of nitrogens with zero attached hydrogens (tertiary/aromatic N) is 2. The van der Waals surface area contributed by atoms with E-state index < -0.39 is 5.91 Å². The Bertz CT molecular complexity index is 702. The normalized spacial score (nSPS) is 13.1. The van der Waals surface area contributed by atoms with Gasteiger partial charge in [-0.25, -0.2) is 9.97 Å². The molecule has 0 radical (unpaired) electrons. The maximum absolute atomic E-state index is 11.5. The average molecular weight is 275 g/mol. The molecule has 3 rings (SSSR count). The van der Waals surface area contributed by atoms with E-state index >= 15 is 0 Å². The second-order valence-corrected chi connectivity index (χ2v) is 4.28. The number of hydrogen-bond donors (Lipinski definition) is 2. The van der Waals surface area contributed by atoms with E-state index in [1.54, 1.807) is 24.3 Å². The number of nitrogens with one attached hydrogen (secondary N) is 2. The number of carbonyl (C=O) groups excluding carboxylic acids is 2. The van der Waals surface area contributed by atoms with Gasteiger partial charge in [0.25, 0.3) is 11.8 Å². The van der Waals surface area contributed by atoms with Gasteiger partial charge < -0.3 is 5.32 Å². The number of hydrogen-bond acceptors (Lipinski definition) is 5. The van der Waals surface area contributed by atoms with Crippen LogP contribution in [0.4, 0.5) is 11.5 Å². The van der Waals surface area contributed by atoms with Crippen LogP contribution < -0.4 is 10.6 Å². The van der Waals surface area contributed by atoms with E-state index in [1.807, 2.05) is 0 Å². The molecule has 1 aliphatic rings. The van der Waals surface area contributed by atoms with Gasteiger partial charge in [-0.05, 0) is 18.2 Å². The molecule has 0 atom stereocenters. The van der Waals surface area contributed by atoms with Gasteiger partial charge in [0.2, 0.25) is 0 Å². The Morgan fingerprint density at radius 2 is 1.84 bits per heavy atom. The van der Waals surface area contributed by atoms with Gasteiger partial charge in [-0.2, -0.15) is 0 Å². The highest BCUT2D eigenvalue weighted by Crippen LogP contribution is 2.22. The molecular formula is C12H7ClN4O2. The van der Waals surface area contributed by atoms with Crippen molar-refractivity contribution in [1.82, 2.24) is 15.3 Å². The summed E-state index contributed by atoms with van der Waals surface area (Å²) in [7, 11) is 0. The number of aromatic nitrogens is 2. The van der Waals surface area contributed by atoms with Crippen molar-refractivity contribution in [3.05, 3.63) is 46.9 Å². The van der Waals surface area contributed by atoms with Crippen molar-refractivity contribution in [2.24, 2.45) is 0 Å². The summed E-state index contributed by atoms with van der Waals surface area (Å²) >= 11 is 5.75. The van der Waals surface area contributed by atoms with E-state index in [9.17, 15) is 9.59 Å². The number of halogens is 1. The maximum Gasteiger partial charge on any atom is 0.259 e. The molecule has 0 saturated heterocycles. The van der Waals surface area contributed by atoms with Crippen LogP contribution in [0.2, 0.25) is 5.15 Å². The van der Waals surface area contributed by atoms with Crippen molar-refractivity contribution in [3.63, 3.8) is 0 Å². The van der Waals surface area contributed by atoms with Crippen molar-refractivity contribution in [1.29, 1.82) is 0 Å². The molecule has 94 valence electrons. The number of fused-ring (bicyclic) bond motifs is 1. The van der Waals surface area contributed by atoms with Crippen molar-refractivity contribution < 1.29 is 9.59 Å². The molecule has 0 fully saturated rings. The zero-order chi connectivity index (χ0) is 13.4. The van der Waals surface area contributed by atoms with Gasteiger partial charge in [0.05, 0.1) is 11.1 Å². The lowest BCUT2D eigenvalue weighted by molar-refractivity contribution is 0.0879. The Hall–Kier alpha value is -2.47. The molecule has 7 heteroatoms. The molecule has 1 aromatic carbocycles. The smallest absolute Gasteiger partial charge is 0.259 e. The van der Waals surface area contributed by atoms with Crippen LogP contribution in [0.15, 0.2) is 30.6 Å². The second-order valence-electron chi connectivity index (χ2n) is 3.89. The van der Waals surface area contributed by atoms with Crippen molar-refractivity contribution in [2.75, 3.05) is 5.32 Å². The Balaban J connectivity index is 1.93. The molecule has 0 saturated carbocycles. The van der Waals surface area contributed by atoms with Gasteiger partial charge in [0.1, 0.15) is 17.3 Å². The minimum Gasteiger partial charge on any atom is -0.340 e. The number of imide groups is 1. The molecule has 6 nitrogen and oxygen atoms in total. The second kappa shape index (κ2) is 4.33. The third-order valence-corrected chi connectivity index (χ3v) is 2.85. The summed E-state index contributed by atoms with van der Waals surface area (Å²) in [5.74, 6) is -0.273. The van der Waals surface area contributed by atoms with Crippen LogP contribution >= 0.6 is 11.6 Å². The summed E-state index contributed by atoms with van der Waals surface area (Å²) in [6, 6.07) is 6.42. The molecule has 2 amide bonds. The molecule has 1 aromatic heterocycles. The SMILES string of the molecule is O=C1NC(=O)c2cc(Nc3cc(Cl)ncn3)ccc21. The fourth-order valence-corrected chi connectivity index (χ4v) is 1.94. The highest BCUT2D eigenvalue weighted by molar-refractivity contribution is 6.29. The average Bonchev–Trinajstić information content (AvgIpc) is 2.65. The lowest BCUT2D eigenvalue weighted by atomic mass is 10.1. The highest BCUT2D eigenvalue weighted by atomic mass is 35.5. The maximum atomic E-state index is 11.5. The predicted molar refractivity (Wildman–Crippen MR) is 68.6 cm³/mol.